The molecule has 0 aliphatic rings. The highest BCUT2D eigenvalue weighted by Gasteiger charge is 2.13. The van der Waals surface area contributed by atoms with Crippen LogP contribution in [0.2, 0.25) is 0 Å². The Balaban J connectivity index is 2.09. The molecule has 6 nitrogen and oxygen atoms in total. The standard InChI is InChI=1S/C21H24N4O2/c1-5-27-23-13-15-8-6-7-9-17(15)18-10-16-12-22-21(24-14(2)3)25-19(16)11-20(18)26-4/h6-14H,5H2,1-4H3,(H,22,24,25)/b23-13+. The van der Waals surface area contributed by atoms with Crippen molar-refractivity contribution in [2.45, 2.75) is 26.8 Å². The van der Waals surface area contributed by atoms with E-state index in [-0.39, 0.29) is 6.04 Å². The van der Waals surface area contributed by atoms with Crippen LogP contribution in [0.3, 0.4) is 0 Å². The molecule has 0 unspecified atom stereocenters. The second-order valence-corrected chi connectivity index (χ2v) is 6.34. The predicted octanol–water partition coefficient (Wildman–Crippen LogP) is 4.50. The van der Waals surface area contributed by atoms with Crippen molar-refractivity contribution in [3.05, 3.63) is 48.2 Å². The number of rotatable bonds is 7. The molecule has 3 rings (SSSR count). The average molecular weight is 364 g/mol. The molecule has 3 aromatic rings. The van der Waals surface area contributed by atoms with Crippen LogP contribution in [-0.2, 0) is 4.84 Å². The summed E-state index contributed by atoms with van der Waals surface area (Å²) >= 11 is 0. The highest BCUT2D eigenvalue weighted by atomic mass is 16.6. The lowest BCUT2D eigenvalue weighted by molar-refractivity contribution is 0.160. The number of fused-ring (bicyclic) bond motifs is 1. The molecule has 0 amide bonds. The monoisotopic (exact) mass is 364 g/mol. The molecule has 0 atom stereocenters. The van der Waals surface area contributed by atoms with Crippen LogP contribution in [-0.4, -0.2) is 35.9 Å². The van der Waals surface area contributed by atoms with Gasteiger partial charge in [0, 0.05) is 34.8 Å². The first kappa shape index (κ1) is 18.6. The third-order valence-corrected chi connectivity index (χ3v) is 3.97. The lowest BCUT2D eigenvalue weighted by Gasteiger charge is -2.13. The first-order valence-corrected chi connectivity index (χ1v) is 8.98. The number of ether oxygens (including phenoxy) is 1. The molecule has 0 spiro atoms. The van der Waals surface area contributed by atoms with Gasteiger partial charge in [-0.1, -0.05) is 29.4 Å². The molecule has 0 aliphatic heterocycles. The molecular weight excluding hydrogens is 340 g/mol. The zero-order valence-corrected chi connectivity index (χ0v) is 16.1. The minimum atomic E-state index is 0.264. The summed E-state index contributed by atoms with van der Waals surface area (Å²) in [6.45, 7) is 6.54. The van der Waals surface area contributed by atoms with E-state index < -0.39 is 0 Å². The highest BCUT2D eigenvalue weighted by Crippen LogP contribution is 2.35. The van der Waals surface area contributed by atoms with Gasteiger partial charge in [-0.25, -0.2) is 9.97 Å². The maximum Gasteiger partial charge on any atom is 0.223 e. The van der Waals surface area contributed by atoms with Crippen LogP contribution in [0.1, 0.15) is 26.3 Å². The molecule has 1 N–H and O–H groups in total. The zero-order chi connectivity index (χ0) is 19.2. The number of hydrogen-bond donors (Lipinski definition) is 1. The van der Waals surface area contributed by atoms with Crippen molar-refractivity contribution in [2.75, 3.05) is 19.0 Å². The Morgan fingerprint density at radius 3 is 2.74 bits per heavy atom. The van der Waals surface area contributed by atoms with Crippen molar-refractivity contribution in [2.24, 2.45) is 5.16 Å². The topological polar surface area (TPSA) is 68.6 Å². The van der Waals surface area contributed by atoms with Crippen LogP contribution in [0, 0.1) is 0 Å². The normalized spacial score (nSPS) is 11.3. The Labute approximate surface area is 159 Å². The molecule has 0 radical (unpaired) electrons. The number of hydrogen-bond acceptors (Lipinski definition) is 6. The minimum Gasteiger partial charge on any atom is -0.496 e. The number of benzene rings is 2. The Bertz CT molecular complexity index is 954. The second kappa shape index (κ2) is 8.49. The minimum absolute atomic E-state index is 0.264. The van der Waals surface area contributed by atoms with Crippen molar-refractivity contribution in [1.29, 1.82) is 0 Å². The zero-order valence-electron chi connectivity index (χ0n) is 16.1. The summed E-state index contributed by atoms with van der Waals surface area (Å²) in [6, 6.07) is 12.2. The number of oxime groups is 1. The summed E-state index contributed by atoms with van der Waals surface area (Å²) in [5.74, 6) is 1.35. The number of anilines is 1. The quantitative estimate of drug-likeness (QED) is 0.494. The van der Waals surface area contributed by atoms with Crippen molar-refractivity contribution in [1.82, 2.24) is 9.97 Å². The summed E-state index contributed by atoms with van der Waals surface area (Å²) in [4.78, 5) is 14.1. The molecule has 1 aromatic heterocycles. The maximum absolute atomic E-state index is 5.65. The largest absolute Gasteiger partial charge is 0.496 e. The van der Waals surface area contributed by atoms with Gasteiger partial charge in [0.1, 0.15) is 12.4 Å². The van der Waals surface area contributed by atoms with E-state index in [9.17, 15) is 0 Å². The third-order valence-electron chi connectivity index (χ3n) is 3.97. The fourth-order valence-corrected chi connectivity index (χ4v) is 2.79. The molecule has 2 aromatic carbocycles. The Kier molecular flexibility index (Phi) is 5.86. The van der Waals surface area contributed by atoms with E-state index in [4.69, 9.17) is 9.57 Å². The average Bonchev–Trinajstić information content (AvgIpc) is 2.67. The van der Waals surface area contributed by atoms with Gasteiger partial charge in [-0.3, -0.25) is 0 Å². The van der Waals surface area contributed by atoms with Crippen LogP contribution in [0.25, 0.3) is 22.0 Å². The summed E-state index contributed by atoms with van der Waals surface area (Å²) in [6.07, 6.45) is 3.54. The van der Waals surface area contributed by atoms with E-state index in [1.54, 1.807) is 13.3 Å². The van der Waals surface area contributed by atoms with E-state index in [1.165, 1.54) is 0 Å². The highest BCUT2D eigenvalue weighted by molar-refractivity contribution is 5.95. The molecule has 0 aliphatic carbocycles. The molecule has 0 fully saturated rings. The van der Waals surface area contributed by atoms with Crippen LogP contribution < -0.4 is 10.1 Å². The van der Waals surface area contributed by atoms with Gasteiger partial charge in [0.25, 0.3) is 0 Å². The lowest BCUT2D eigenvalue weighted by atomic mass is 9.98. The first-order valence-electron chi connectivity index (χ1n) is 8.98. The molecule has 0 bridgehead atoms. The van der Waals surface area contributed by atoms with E-state index in [2.05, 4.69) is 34.3 Å². The van der Waals surface area contributed by atoms with Gasteiger partial charge in [0.15, 0.2) is 0 Å². The van der Waals surface area contributed by atoms with Gasteiger partial charge in [0.05, 0.1) is 18.8 Å². The van der Waals surface area contributed by atoms with Crippen LogP contribution >= 0.6 is 0 Å². The van der Waals surface area contributed by atoms with Gasteiger partial charge in [-0.15, -0.1) is 0 Å². The van der Waals surface area contributed by atoms with Gasteiger partial charge >= 0.3 is 0 Å². The van der Waals surface area contributed by atoms with Crippen molar-refractivity contribution < 1.29 is 9.57 Å². The Hall–Kier alpha value is -3.15. The Morgan fingerprint density at radius 1 is 1.19 bits per heavy atom. The van der Waals surface area contributed by atoms with Crippen LogP contribution in [0.15, 0.2) is 47.8 Å². The molecule has 140 valence electrons. The smallest absolute Gasteiger partial charge is 0.223 e. The van der Waals surface area contributed by atoms with E-state index in [1.807, 2.05) is 49.5 Å². The third kappa shape index (κ3) is 4.34. The van der Waals surface area contributed by atoms with Crippen LogP contribution in [0.4, 0.5) is 5.95 Å². The summed E-state index contributed by atoms with van der Waals surface area (Å²) < 4.78 is 5.65. The van der Waals surface area contributed by atoms with E-state index in [0.717, 1.165) is 33.3 Å². The van der Waals surface area contributed by atoms with Crippen molar-refractivity contribution in [3.8, 4) is 16.9 Å². The van der Waals surface area contributed by atoms with Gasteiger partial charge in [-0.2, -0.15) is 0 Å². The second-order valence-electron chi connectivity index (χ2n) is 6.34. The molecule has 6 heteroatoms. The van der Waals surface area contributed by atoms with Gasteiger partial charge in [0.2, 0.25) is 5.95 Å². The maximum atomic E-state index is 5.65. The van der Waals surface area contributed by atoms with E-state index in [0.29, 0.717) is 12.6 Å². The fourth-order valence-electron chi connectivity index (χ4n) is 2.79. The van der Waals surface area contributed by atoms with E-state index >= 15 is 0 Å². The molecule has 0 saturated heterocycles. The number of methoxy groups -OCH3 is 1. The van der Waals surface area contributed by atoms with Crippen molar-refractivity contribution >= 4 is 23.1 Å². The lowest BCUT2D eigenvalue weighted by Crippen LogP contribution is -2.12. The molecule has 0 saturated carbocycles. The number of aromatic nitrogens is 2. The molecule has 27 heavy (non-hydrogen) atoms. The molecular formula is C21H24N4O2. The summed E-state index contributed by atoms with van der Waals surface area (Å²) in [5, 5.41) is 8.17. The predicted molar refractivity (Wildman–Crippen MR) is 110 cm³/mol. The summed E-state index contributed by atoms with van der Waals surface area (Å²) in [5.41, 5.74) is 3.73. The molecule has 1 heterocycles. The van der Waals surface area contributed by atoms with Gasteiger partial charge < -0.3 is 14.9 Å². The number of nitrogens with zero attached hydrogens (tertiary/aromatic N) is 3. The van der Waals surface area contributed by atoms with Gasteiger partial charge in [-0.05, 0) is 32.4 Å². The Morgan fingerprint density at radius 2 is 2.00 bits per heavy atom. The fraction of sp³-hybridized carbons (Fsp3) is 0.286. The van der Waals surface area contributed by atoms with Crippen molar-refractivity contribution in [3.63, 3.8) is 0 Å². The first-order chi connectivity index (χ1) is 13.1. The number of nitrogens with one attached hydrogen (secondary N) is 1. The summed E-state index contributed by atoms with van der Waals surface area (Å²) in [7, 11) is 1.66. The van der Waals surface area contributed by atoms with Crippen LogP contribution in [0.5, 0.6) is 5.75 Å². The SMILES string of the molecule is CCO/N=C/c1ccccc1-c1cc2cnc(NC(C)C)nc2cc1OC.